The zero-order valence-electron chi connectivity index (χ0n) is 14.9. The molecule has 26 heavy (non-hydrogen) atoms. The summed E-state index contributed by atoms with van der Waals surface area (Å²) in [6, 6.07) is 7.42. The summed E-state index contributed by atoms with van der Waals surface area (Å²) >= 11 is 6.07. The van der Waals surface area contributed by atoms with Gasteiger partial charge >= 0.3 is 0 Å². The lowest BCUT2D eigenvalue weighted by Gasteiger charge is -2.36. The predicted molar refractivity (Wildman–Crippen MR) is 99.7 cm³/mol. The van der Waals surface area contributed by atoms with Gasteiger partial charge < -0.3 is 20.9 Å². The number of nitrogens with zero attached hydrogens (tertiary/aromatic N) is 1. The lowest BCUT2D eigenvalue weighted by molar-refractivity contribution is -0.136. The van der Waals surface area contributed by atoms with Crippen LogP contribution in [0.5, 0.6) is 0 Å². The Hall–Kier alpha value is -2.12. The van der Waals surface area contributed by atoms with Crippen LogP contribution in [0.3, 0.4) is 0 Å². The van der Waals surface area contributed by atoms with Gasteiger partial charge in [0, 0.05) is 57.5 Å². The first-order valence-corrected chi connectivity index (χ1v) is 9.12. The molecule has 8 heteroatoms. The Kier molecular flexibility index (Phi) is 7.87. The summed E-state index contributed by atoms with van der Waals surface area (Å²) in [6.07, 6.45) is 0.286. The van der Waals surface area contributed by atoms with E-state index in [1.54, 1.807) is 6.07 Å². The molecule has 3 amide bonds. The Morgan fingerprint density at radius 2 is 2.00 bits per heavy atom. The molecule has 0 bridgehead atoms. The van der Waals surface area contributed by atoms with Crippen molar-refractivity contribution in [2.24, 2.45) is 0 Å². The summed E-state index contributed by atoms with van der Waals surface area (Å²) in [5.41, 5.74) is 0.984. The van der Waals surface area contributed by atoms with Crippen LogP contribution in [0.4, 0.5) is 0 Å². The minimum atomic E-state index is -0.196. The number of halogens is 1. The lowest BCUT2D eigenvalue weighted by atomic mass is 10.0. The molecule has 0 aromatic heterocycles. The van der Waals surface area contributed by atoms with Gasteiger partial charge in [0.05, 0.1) is 6.04 Å². The quantitative estimate of drug-likeness (QED) is 0.611. The van der Waals surface area contributed by atoms with Crippen LogP contribution in [0.15, 0.2) is 24.3 Å². The molecule has 0 spiro atoms. The molecule has 142 valence electrons. The van der Waals surface area contributed by atoms with E-state index in [-0.39, 0.29) is 36.6 Å². The molecule has 0 radical (unpaired) electrons. The molecule has 1 aliphatic rings. The Bertz CT molecular complexity index is 653. The van der Waals surface area contributed by atoms with E-state index < -0.39 is 0 Å². The van der Waals surface area contributed by atoms with E-state index in [9.17, 15) is 14.4 Å². The third-order valence-electron chi connectivity index (χ3n) is 4.18. The third-order valence-corrected chi connectivity index (χ3v) is 4.42. The Morgan fingerprint density at radius 1 is 1.23 bits per heavy atom. The van der Waals surface area contributed by atoms with Crippen molar-refractivity contribution >= 4 is 29.3 Å². The normalized spacial score (nSPS) is 16.8. The summed E-state index contributed by atoms with van der Waals surface area (Å²) in [5, 5.41) is 9.23. The SMILES string of the molecule is CC(=O)NCCNC(=O)CCC(=O)N1CCNCC1c1cccc(Cl)c1. The van der Waals surface area contributed by atoms with Crippen molar-refractivity contribution in [3.05, 3.63) is 34.9 Å². The fourth-order valence-electron chi connectivity index (χ4n) is 2.91. The highest BCUT2D eigenvalue weighted by Crippen LogP contribution is 2.25. The highest BCUT2D eigenvalue weighted by atomic mass is 35.5. The van der Waals surface area contributed by atoms with Crippen molar-refractivity contribution in [2.75, 3.05) is 32.7 Å². The van der Waals surface area contributed by atoms with Crippen molar-refractivity contribution in [3.63, 3.8) is 0 Å². The fourth-order valence-corrected chi connectivity index (χ4v) is 3.11. The number of benzene rings is 1. The predicted octanol–water partition coefficient (Wildman–Crippen LogP) is 0.845. The van der Waals surface area contributed by atoms with Crippen LogP contribution in [-0.4, -0.2) is 55.3 Å². The first-order valence-electron chi connectivity index (χ1n) is 8.74. The van der Waals surface area contributed by atoms with Crippen molar-refractivity contribution in [2.45, 2.75) is 25.8 Å². The smallest absolute Gasteiger partial charge is 0.223 e. The molecule has 1 heterocycles. The summed E-state index contributed by atoms with van der Waals surface area (Å²) in [4.78, 5) is 37.0. The van der Waals surface area contributed by atoms with Crippen LogP contribution < -0.4 is 16.0 Å². The maximum atomic E-state index is 12.6. The van der Waals surface area contributed by atoms with Gasteiger partial charge in [-0.3, -0.25) is 14.4 Å². The van der Waals surface area contributed by atoms with Crippen LogP contribution in [0.25, 0.3) is 0 Å². The molecule has 3 N–H and O–H groups in total. The zero-order chi connectivity index (χ0) is 18.9. The van der Waals surface area contributed by atoms with Crippen LogP contribution in [0.2, 0.25) is 5.02 Å². The van der Waals surface area contributed by atoms with Crippen LogP contribution in [0.1, 0.15) is 31.4 Å². The molecule has 2 rings (SSSR count). The number of amides is 3. The first kappa shape index (κ1) is 20.2. The monoisotopic (exact) mass is 380 g/mol. The molecule has 0 aliphatic carbocycles. The molecular formula is C18H25ClN4O3. The second kappa shape index (κ2) is 10.1. The van der Waals surface area contributed by atoms with E-state index >= 15 is 0 Å². The third kappa shape index (κ3) is 6.31. The van der Waals surface area contributed by atoms with Crippen molar-refractivity contribution < 1.29 is 14.4 Å². The highest BCUT2D eigenvalue weighted by molar-refractivity contribution is 6.30. The molecule has 1 aliphatic heterocycles. The number of rotatable bonds is 7. The van der Waals surface area contributed by atoms with Crippen LogP contribution in [0, 0.1) is 0 Å². The van der Waals surface area contributed by atoms with Crippen molar-refractivity contribution in [3.8, 4) is 0 Å². The second-order valence-electron chi connectivity index (χ2n) is 6.19. The van der Waals surface area contributed by atoms with Gasteiger partial charge in [-0.25, -0.2) is 0 Å². The fraction of sp³-hybridized carbons (Fsp3) is 0.500. The number of hydrogen-bond acceptors (Lipinski definition) is 4. The van der Waals surface area contributed by atoms with Gasteiger partial charge in [0.25, 0.3) is 0 Å². The lowest BCUT2D eigenvalue weighted by Crippen LogP contribution is -2.48. The molecule has 1 atom stereocenters. The average molecular weight is 381 g/mol. The molecule has 0 saturated carbocycles. The molecular weight excluding hydrogens is 356 g/mol. The topological polar surface area (TPSA) is 90.5 Å². The summed E-state index contributed by atoms with van der Waals surface area (Å²) < 4.78 is 0. The van der Waals surface area contributed by atoms with Gasteiger partial charge in [0.15, 0.2) is 0 Å². The largest absolute Gasteiger partial charge is 0.355 e. The highest BCUT2D eigenvalue weighted by Gasteiger charge is 2.27. The zero-order valence-corrected chi connectivity index (χ0v) is 15.6. The summed E-state index contributed by atoms with van der Waals surface area (Å²) in [7, 11) is 0. The average Bonchev–Trinajstić information content (AvgIpc) is 2.63. The van der Waals surface area contributed by atoms with E-state index in [0.29, 0.717) is 31.2 Å². The number of piperazine rings is 1. The number of nitrogens with one attached hydrogen (secondary N) is 3. The van der Waals surface area contributed by atoms with E-state index in [1.165, 1.54) is 6.92 Å². The first-order chi connectivity index (χ1) is 12.5. The van der Waals surface area contributed by atoms with Crippen molar-refractivity contribution in [1.82, 2.24) is 20.9 Å². The molecule has 1 aromatic rings. The standard InChI is InChI=1S/C18H25ClN4O3/c1-13(24)21-7-8-22-17(25)5-6-18(26)23-10-9-20-12-16(23)14-3-2-4-15(19)11-14/h2-4,11,16,20H,5-10,12H2,1H3,(H,21,24)(H,22,25). The van der Waals surface area contributed by atoms with Gasteiger partial charge in [-0.15, -0.1) is 0 Å². The van der Waals surface area contributed by atoms with Gasteiger partial charge in [0.1, 0.15) is 0 Å². The van der Waals surface area contributed by atoms with Gasteiger partial charge in [-0.05, 0) is 17.7 Å². The minimum absolute atomic E-state index is 0.0477. The molecule has 1 fully saturated rings. The number of carbonyl (C=O) groups is 3. The summed E-state index contributed by atoms with van der Waals surface area (Å²) in [6.45, 7) is 4.14. The Morgan fingerprint density at radius 3 is 2.73 bits per heavy atom. The molecule has 1 unspecified atom stereocenters. The maximum absolute atomic E-state index is 12.6. The van der Waals surface area contributed by atoms with Crippen molar-refractivity contribution in [1.29, 1.82) is 0 Å². The molecule has 1 aromatic carbocycles. The molecule has 1 saturated heterocycles. The van der Waals surface area contributed by atoms with E-state index in [1.807, 2.05) is 23.1 Å². The van der Waals surface area contributed by atoms with Crippen LogP contribution >= 0.6 is 11.6 Å². The van der Waals surface area contributed by atoms with E-state index in [4.69, 9.17) is 11.6 Å². The van der Waals surface area contributed by atoms with E-state index in [0.717, 1.165) is 12.1 Å². The van der Waals surface area contributed by atoms with E-state index in [2.05, 4.69) is 16.0 Å². The Balaban J connectivity index is 1.84. The van der Waals surface area contributed by atoms with Gasteiger partial charge in [-0.2, -0.15) is 0 Å². The maximum Gasteiger partial charge on any atom is 0.223 e. The number of hydrogen-bond donors (Lipinski definition) is 3. The van der Waals surface area contributed by atoms with Crippen LogP contribution in [-0.2, 0) is 14.4 Å². The molecule has 7 nitrogen and oxygen atoms in total. The second-order valence-corrected chi connectivity index (χ2v) is 6.63. The minimum Gasteiger partial charge on any atom is -0.355 e. The van der Waals surface area contributed by atoms with Gasteiger partial charge in [0.2, 0.25) is 17.7 Å². The van der Waals surface area contributed by atoms with Gasteiger partial charge in [-0.1, -0.05) is 23.7 Å². The number of carbonyl (C=O) groups excluding carboxylic acids is 3. The Labute approximate surface area is 158 Å². The summed E-state index contributed by atoms with van der Waals surface area (Å²) in [5.74, 6) is -0.383.